The third-order valence-electron chi connectivity index (χ3n) is 1.94. The highest BCUT2D eigenvalue weighted by atomic mass is 15.2. The number of nitrogen functional groups attached to an aromatic ring is 1. The van der Waals surface area contributed by atoms with Crippen LogP contribution in [0.15, 0.2) is 12.4 Å². The van der Waals surface area contributed by atoms with Gasteiger partial charge >= 0.3 is 0 Å². The Morgan fingerprint density at radius 1 is 1.47 bits per heavy atom. The summed E-state index contributed by atoms with van der Waals surface area (Å²) >= 11 is 0. The Morgan fingerprint density at radius 3 is 2.53 bits per heavy atom. The minimum atomic E-state index is -0.0550. The molecular weight excluding hydrogens is 190 g/mol. The van der Waals surface area contributed by atoms with Gasteiger partial charge in [0.2, 0.25) is 0 Å². The average molecular weight is 207 g/mol. The van der Waals surface area contributed by atoms with Gasteiger partial charge in [0.25, 0.3) is 0 Å². The average Bonchev–Trinajstić information content (AvgIpc) is 2.17. The summed E-state index contributed by atoms with van der Waals surface area (Å²) in [5, 5.41) is 7.19. The molecule has 0 aliphatic rings. The molecule has 0 aliphatic carbocycles. The summed E-state index contributed by atoms with van der Waals surface area (Å²) in [4.78, 5) is 10.3. The van der Waals surface area contributed by atoms with Crippen LogP contribution in [0, 0.1) is 11.3 Å². The van der Waals surface area contributed by atoms with Gasteiger partial charge in [0.1, 0.15) is 17.3 Å². The summed E-state index contributed by atoms with van der Waals surface area (Å²) in [6.07, 6.45) is 3.16. The highest BCUT2D eigenvalue weighted by molar-refractivity contribution is 5.92. The third kappa shape index (κ3) is 3.19. The monoisotopic (exact) mass is 207 g/mol. The van der Waals surface area contributed by atoms with E-state index in [1.807, 2.05) is 11.9 Å². The largest absolute Gasteiger partial charge is 0.382 e. The van der Waals surface area contributed by atoms with Crippen molar-refractivity contribution in [1.82, 2.24) is 9.97 Å². The van der Waals surface area contributed by atoms with Crippen molar-refractivity contribution in [2.24, 2.45) is 11.7 Å². The smallest absolute Gasteiger partial charge is 0.146 e. The molecule has 15 heavy (non-hydrogen) atoms. The van der Waals surface area contributed by atoms with Crippen LogP contribution < -0.4 is 10.6 Å². The zero-order chi connectivity index (χ0) is 11.4. The van der Waals surface area contributed by atoms with Crippen molar-refractivity contribution in [3.8, 4) is 0 Å². The molecule has 5 heteroatoms. The molecule has 0 saturated heterocycles. The highest BCUT2D eigenvalue weighted by Crippen LogP contribution is 2.08. The molecule has 82 valence electrons. The van der Waals surface area contributed by atoms with E-state index in [9.17, 15) is 0 Å². The molecule has 1 rings (SSSR count). The molecule has 0 atom stereocenters. The van der Waals surface area contributed by atoms with Crippen LogP contribution in [0.1, 0.15) is 19.5 Å². The first kappa shape index (κ1) is 11.4. The molecule has 0 spiro atoms. The van der Waals surface area contributed by atoms with Gasteiger partial charge in [-0.15, -0.1) is 0 Å². The zero-order valence-corrected chi connectivity index (χ0v) is 9.36. The van der Waals surface area contributed by atoms with E-state index in [4.69, 9.17) is 11.1 Å². The van der Waals surface area contributed by atoms with Crippen molar-refractivity contribution >= 4 is 11.7 Å². The number of nitrogens with two attached hydrogens (primary N) is 1. The van der Waals surface area contributed by atoms with Crippen LogP contribution in [0.5, 0.6) is 0 Å². The van der Waals surface area contributed by atoms with Crippen molar-refractivity contribution in [3.05, 3.63) is 18.1 Å². The highest BCUT2D eigenvalue weighted by Gasteiger charge is 2.06. The molecule has 0 saturated carbocycles. The number of hydrogen-bond acceptors (Lipinski definition) is 4. The maximum absolute atomic E-state index is 7.19. The molecule has 3 N–H and O–H groups in total. The second-order valence-electron chi connectivity index (χ2n) is 3.95. The normalized spacial score (nSPS) is 10.4. The lowest BCUT2D eigenvalue weighted by Gasteiger charge is -2.19. The van der Waals surface area contributed by atoms with Gasteiger partial charge in [-0.05, 0) is 5.92 Å². The molecule has 0 bridgehead atoms. The molecule has 0 aromatic carbocycles. The van der Waals surface area contributed by atoms with Crippen LogP contribution in [0.2, 0.25) is 0 Å². The van der Waals surface area contributed by atoms with E-state index in [1.54, 1.807) is 6.20 Å². The second kappa shape index (κ2) is 4.72. The van der Waals surface area contributed by atoms with Gasteiger partial charge in [0, 0.05) is 13.6 Å². The van der Waals surface area contributed by atoms with E-state index < -0.39 is 0 Å². The van der Waals surface area contributed by atoms with Gasteiger partial charge in [-0.1, -0.05) is 13.8 Å². The number of hydrogen-bond donors (Lipinski definition) is 2. The molecule has 0 amide bonds. The summed E-state index contributed by atoms with van der Waals surface area (Å²) in [5.74, 6) is 1.32. The number of rotatable bonds is 4. The van der Waals surface area contributed by atoms with Gasteiger partial charge in [-0.3, -0.25) is 5.41 Å². The summed E-state index contributed by atoms with van der Waals surface area (Å²) in [5.41, 5.74) is 5.70. The minimum absolute atomic E-state index is 0.0550. The Bertz CT molecular complexity index is 330. The van der Waals surface area contributed by atoms with Crippen LogP contribution in [-0.4, -0.2) is 29.4 Å². The predicted octanol–water partition coefficient (Wildman–Crippen LogP) is 0.853. The molecule has 5 nitrogen and oxygen atoms in total. The van der Waals surface area contributed by atoms with Crippen molar-refractivity contribution in [3.63, 3.8) is 0 Å². The van der Waals surface area contributed by atoms with Crippen LogP contribution in [0.4, 0.5) is 5.82 Å². The summed E-state index contributed by atoms with van der Waals surface area (Å²) in [6.45, 7) is 5.22. The molecule has 0 fully saturated rings. The van der Waals surface area contributed by atoms with Gasteiger partial charge in [-0.25, -0.2) is 9.97 Å². The predicted molar refractivity (Wildman–Crippen MR) is 61.2 cm³/mol. The van der Waals surface area contributed by atoms with Gasteiger partial charge in [0.05, 0.1) is 12.4 Å². The van der Waals surface area contributed by atoms with E-state index >= 15 is 0 Å². The first-order chi connectivity index (χ1) is 7.00. The van der Waals surface area contributed by atoms with E-state index in [0.29, 0.717) is 11.6 Å². The van der Waals surface area contributed by atoms with Crippen LogP contribution >= 0.6 is 0 Å². The summed E-state index contributed by atoms with van der Waals surface area (Å²) < 4.78 is 0. The van der Waals surface area contributed by atoms with Crippen molar-refractivity contribution in [2.45, 2.75) is 13.8 Å². The Morgan fingerprint density at radius 2 is 2.13 bits per heavy atom. The van der Waals surface area contributed by atoms with E-state index in [1.165, 1.54) is 6.20 Å². The molecule has 1 aromatic rings. The number of anilines is 1. The zero-order valence-electron chi connectivity index (χ0n) is 9.36. The van der Waals surface area contributed by atoms with Crippen LogP contribution in [0.25, 0.3) is 0 Å². The van der Waals surface area contributed by atoms with E-state index in [2.05, 4.69) is 23.8 Å². The van der Waals surface area contributed by atoms with Crippen molar-refractivity contribution in [1.29, 1.82) is 5.41 Å². The van der Waals surface area contributed by atoms with Crippen molar-refractivity contribution < 1.29 is 0 Å². The number of aromatic nitrogens is 2. The lowest BCUT2D eigenvalue weighted by Crippen LogP contribution is -2.24. The maximum atomic E-state index is 7.19. The Balaban J connectivity index is 2.75. The summed E-state index contributed by atoms with van der Waals surface area (Å²) in [6, 6.07) is 0. The lowest BCUT2D eigenvalue weighted by molar-refractivity contribution is 0.634. The lowest BCUT2D eigenvalue weighted by atomic mass is 10.2. The topological polar surface area (TPSA) is 78.9 Å². The Kier molecular flexibility index (Phi) is 3.60. The number of amidine groups is 1. The summed E-state index contributed by atoms with van der Waals surface area (Å²) in [7, 11) is 1.97. The van der Waals surface area contributed by atoms with E-state index in [-0.39, 0.29) is 5.84 Å². The van der Waals surface area contributed by atoms with Gasteiger partial charge < -0.3 is 10.6 Å². The molecule has 0 aliphatic heterocycles. The van der Waals surface area contributed by atoms with Gasteiger partial charge in [-0.2, -0.15) is 0 Å². The fourth-order valence-corrected chi connectivity index (χ4v) is 1.30. The number of nitrogens with one attached hydrogen (secondary N) is 1. The van der Waals surface area contributed by atoms with Gasteiger partial charge in [0.15, 0.2) is 0 Å². The second-order valence-corrected chi connectivity index (χ2v) is 3.95. The molecule has 1 heterocycles. The molecule has 0 radical (unpaired) electrons. The van der Waals surface area contributed by atoms with E-state index in [0.717, 1.165) is 12.4 Å². The minimum Gasteiger partial charge on any atom is -0.382 e. The maximum Gasteiger partial charge on any atom is 0.146 e. The first-order valence-electron chi connectivity index (χ1n) is 4.88. The van der Waals surface area contributed by atoms with Crippen LogP contribution in [-0.2, 0) is 0 Å². The molecule has 0 unspecified atom stereocenters. The quantitative estimate of drug-likeness (QED) is 0.566. The fourth-order valence-electron chi connectivity index (χ4n) is 1.30. The fraction of sp³-hybridized carbons (Fsp3) is 0.500. The Labute approximate surface area is 89.8 Å². The third-order valence-corrected chi connectivity index (χ3v) is 1.94. The first-order valence-corrected chi connectivity index (χ1v) is 4.88. The molecular formula is C10H17N5. The van der Waals surface area contributed by atoms with Crippen LogP contribution in [0.3, 0.4) is 0 Å². The Hall–Kier alpha value is -1.65. The standard InChI is InChI=1S/C10H17N5/c1-7(2)6-15(3)9-5-13-8(4-14-9)10(11)12/h4-5,7H,6H2,1-3H3,(H3,11,12). The SMILES string of the molecule is CC(C)CN(C)c1cnc(C(=N)N)cn1. The van der Waals surface area contributed by atoms with Crippen molar-refractivity contribution in [2.75, 3.05) is 18.5 Å². The number of nitrogens with zero attached hydrogens (tertiary/aromatic N) is 3. The molecule has 1 aromatic heterocycles.